The van der Waals surface area contributed by atoms with Crippen LogP contribution in [0.4, 0.5) is 0 Å². The first kappa shape index (κ1) is 16.6. The highest BCUT2D eigenvalue weighted by atomic mass is 31.2. The summed E-state index contributed by atoms with van der Waals surface area (Å²) in [5.41, 5.74) is 0. The molecule has 4 rings (SSSR count). The third-order valence-corrected chi connectivity index (χ3v) is 8.92. The minimum absolute atomic E-state index is 0.301. The summed E-state index contributed by atoms with van der Waals surface area (Å²) >= 11 is 0. The summed E-state index contributed by atoms with van der Waals surface area (Å²) in [5.74, 6) is 0.301. The minimum Gasteiger partial charge on any atom is -0.508 e. The van der Waals surface area contributed by atoms with Crippen molar-refractivity contribution >= 4 is 28.5 Å². The molecule has 0 aliphatic carbocycles. The van der Waals surface area contributed by atoms with Crippen LogP contribution in [-0.2, 0) is 0 Å². The Morgan fingerprint density at radius 1 is 0.423 bits per heavy atom. The van der Waals surface area contributed by atoms with Crippen molar-refractivity contribution in [1.29, 1.82) is 0 Å². The van der Waals surface area contributed by atoms with E-state index in [4.69, 9.17) is 0 Å². The predicted molar refractivity (Wildman–Crippen MR) is 113 cm³/mol. The van der Waals surface area contributed by atoms with Gasteiger partial charge in [-0.05, 0) is 48.5 Å². The first-order chi connectivity index (χ1) is 12.8. The Labute approximate surface area is 154 Å². The molecule has 1 N–H and O–H groups in total. The topological polar surface area (TPSA) is 20.2 Å². The number of aromatic hydroxyl groups is 1. The van der Waals surface area contributed by atoms with Gasteiger partial charge in [-0.25, -0.2) is 0 Å². The van der Waals surface area contributed by atoms with Crippen LogP contribution in [0.2, 0.25) is 0 Å². The lowest BCUT2D eigenvalue weighted by Gasteiger charge is -2.27. The van der Waals surface area contributed by atoms with Gasteiger partial charge in [0.05, 0.1) is 0 Å². The van der Waals surface area contributed by atoms with Gasteiger partial charge in [0.2, 0.25) is 0 Å². The van der Waals surface area contributed by atoms with Crippen LogP contribution in [0.1, 0.15) is 0 Å². The van der Waals surface area contributed by atoms with Crippen LogP contribution in [0.5, 0.6) is 5.75 Å². The van der Waals surface area contributed by atoms with Crippen molar-refractivity contribution in [2.24, 2.45) is 0 Å². The molecular weight excluding hydrogens is 335 g/mol. The molecule has 4 aromatic rings. The number of phenolic OH excluding ortho intramolecular Hbond substituents is 1. The Morgan fingerprint density at radius 3 is 1.19 bits per heavy atom. The lowest BCUT2D eigenvalue weighted by atomic mass is 10.3. The van der Waals surface area contributed by atoms with E-state index >= 15 is 0 Å². The number of phenols is 1. The van der Waals surface area contributed by atoms with Crippen molar-refractivity contribution < 1.29 is 5.11 Å². The zero-order valence-corrected chi connectivity index (χ0v) is 15.3. The highest BCUT2D eigenvalue weighted by Crippen LogP contribution is 2.54. The maximum absolute atomic E-state index is 10.2. The lowest BCUT2D eigenvalue weighted by molar-refractivity contribution is 0.476. The molecule has 0 radical (unpaired) electrons. The zero-order chi connectivity index (χ0) is 17.8. The highest BCUT2D eigenvalue weighted by molar-refractivity contribution is 8.01. The molecule has 1 nitrogen and oxygen atoms in total. The number of hydrogen-bond donors (Lipinski definition) is 1. The number of hydrogen-bond acceptors (Lipinski definition) is 1. The molecule has 0 bridgehead atoms. The van der Waals surface area contributed by atoms with Crippen molar-refractivity contribution in [3.8, 4) is 5.75 Å². The van der Waals surface area contributed by atoms with Gasteiger partial charge in [0.25, 0.3) is 0 Å². The highest BCUT2D eigenvalue weighted by Gasteiger charge is 2.47. The second kappa shape index (κ2) is 7.15. The van der Waals surface area contributed by atoms with Gasteiger partial charge in [0, 0.05) is 6.07 Å². The Balaban J connectivity index is 2.14. The minimum atomic E-state index is -2.09. The van der Waals surface area contributed by atoms with Crippen LogP contribution in [0.3, 0.4) is 0 Å². The Bertz CT molecular complexity index is 885. The molecule has 26 heavy (non-hydrogen) atoms. The van der Waals surface area contributed by atoms with Crippen molar-refractivity contribution in [3.05, 3.63) is 115 Å². The molecule has 0 aliphatic rings. The molecule has 0 fully saturated rings. The third kappa shape index (κ3) is 2.81. The maximum atomic E-state index is 10.2. The van der Waals surface area contributed by atoms with Gasteiger partial charge in [-0.2, -0.15) is 0 Å². The van der Waals surface area contributed by atoms with Crippen molar-refractivity contribution in [2.45, 2.75) is 0 Å². The van der Waals surface area contributed by atoms with Crippen LogP contribution in [0.25, 0.3) is 0 Å². The summed E-state index contributed by atoms with van der Waals surface area (Å²) < 4.78 is 0. The summed E-state index contributed by atoms with van der Waals surface area (Å²) in [6.07, 6.45) is 0. The van der Waals surface area contributed by atoms with Gasteiger partial charge in [-0.1, -0.05) is 60.7 Å². The molecule has 0 aromatic heterocycles. The molecule has 2 heteroatoms. The molecule has 0 atom stereocenters. The molecule has 0 spiro atoms. The average Bonchev–Trinajstić information content (AvgIpc) is 2.71. The maximum Gasteiger partial charge on any atom is 0.144 e. The van der Waals surface area contributed by atoms with Crippen molar-refractivity contribution in [1.82, 2.24) is 0 Å². The Kier molecular flexibility index (Phi) is 4.56. The smallest absolute Gasteiger partial charge is 0.144 e. The van der Waals surface area contributed by atoms with Gasteiger partial charge in [0.15, 0.2) is 0 Å². The van der Waals surface area contributed by atoms with Gasteiger partial charge < -0.3 is 5.11 Å². The van der Waals surface area contributed by atoms with E-state index in [9.17, 15) is 5.11 Å². The van der Waals surface area contributed by atoms with Crippen molar-refractivity contribution in [3.63, 3.8) is 0 Å². The van der Waals surface area contributed by atoms with E-state index in [0.717, 1.165) is 5.30 Å². The van der Waals surface area contributed by atoms with Gasteiger partial charge in [-0.15, -0.1) is 0 Å². The van der Waals surface area contributed by atoms with E-state index in [-0.39, 0.29) is 0 Å². The molecule has 0 aliphatic heterocycles. The molecule has 0 heterocycles. The molecule has 0 saturated heterocycles. The van der Waals surface area contributed by atoms with E-state index in [1.165, 1.54) is 15.9 Å². The standard InChI is InChI=1S/C24H19OP/c25-20-11-10-18-24(19-20)26(21-12-4-1-5-13-21,22-14-6-2-7-15-22)23-16-8-3-9-17-23/h1-19H/p+1. The lowest BCUT2D eigenvalue weighted by Crippen LogP contribution is -2.38. The number of benzene rings is 4. The first-order valence-corrected chi connectivity index (χ1v) is 10.5. The fourth-order valence-corrected chi connectivity index (χ4v) is 7.83. The second-order valence-electron chi connectivity index (χ2n) is 6.20. The number of rotatable bonds is 4. The van der Waals surface area contributed by atoms with Crippen molar-refractivity contribution in [2.75, 3.05) is 0 Å². The molecule has 0 amide bonds. The Hall–Kier alpha value is -2.89. The van der Waals surface area contributed by atoms with E-state index in [1.807, 2.05) is 12.1 Å². The summed E-state index contributed by atoms with van der Waals surface area (Å²) in [4.78, 5) is 0. The van der Waals surface area contributed by atoms with Crippen LogP contribution >= 0.6 is 7.26 Å². The van der Waals surface area contributed by atoms with E-state index < -0.39 is 7.26 Å². The monoisotopic (exact) mass is 355 g/mol. The largest absolute Gasteiger partial charge is 0.508 e. The summed E-state index contributed by atoms with van der Waals surface area (Å²) in [6.45, 7) is 0. The second-order valence-corrected chi connectivity index (χ2v) is 9.60. The van der Waals surface area contributed by atoms with Crippen LogP contribution in [0.15, 0.2) is 115 Å². The molecule has 0 saturated carbocycles. The predicted octanol–water partition coefficient (Wildman–Crippen LogP) is 4.01. The summed E-state index contributed by atoms with van der Waals surface area (Å²) in [6, 6.07) is 39.7. The first-order valence-electron chi connectivity index (χ1n) is 8.67. The summed E-state index contributed by atoms with van der Waals surface area (Å²) in [5, 5.41) is 15.2. The van der Waals surface area contributed by atoms with Crippen LogP contribution in [0, 0.1) is 0 Å². The molecule has 0 unspecified atom stereocenters. The van der Waals surface area contributed by atoms with E-state index in [2.05, 4.69) is 97.1 Å². The average molecular weight is 355 g/mol. The SMILES string of the molecule is Oc1cccc([P+](c2ccccc2)(c2ccccc2)c2ccccc2)c1. The van der Waals surface area contributed by atoms with E-state index in [1.54, 1.807) is 6.07 Å². The van der Waals surface area contributed by atoms with Gasteiger partial charge >= 0.3 is 0 Å². The molecule has 4 aromatic carbocycles. The summed E-state index contributed by atoms with van der Waals surface area (Å²) in [7, 11) is -2.09. The molecule has 126 valence electrons. The zero-order valence-electron chi connectivity index (χ0n) is 14.4. The van der Waals surface area contributed by atoms with E-state index in [0.29, 0.717) is 5.75 Å². The normalized spacial score (nSPS) is 11.2. The van der Waals surface area contributed by atoms with Crippen LogP contribution in [-0.4, -0.2) is 5.11 Å². The molecular formula is C24H20OP+. The Morgan fingerprint density at radius 2 is 0.808 bits per heavy atom. The van der Waals surface area contributed by atoms with Gasteiger partial charge in [-0.3, -0.25) is 0 Å². The quantitative estimate of drug-likeness (QED) is 0.549. The van der Waals surface area contributed by atoms with Crippen LogP contribution < -0.4 is 21.2 Å². The fraction of sp³-hybridized carbons (Fsp3) is 0. The third-order valence-electron chi connectivity index (χ3n) is 4.65. The van der Waals surface area contributed by atoms with Gasteiger partial charge in [0.1, 0.15) is 34.2 Å². The fourth-order valence-electron chi connectivity index (χ4n) is 3.55.